The highest BCUT2D eigenvalue weighted by Gasteiger charge is 2.56. The zero-order chi connectivity index (χ0) is 102. The topological polar surface area (TPSA) is 431 Å². The van der Waals surface area contributed by atoms with Crippen LogP contribution in [0.5, 0.6) is 0 Å². The van der Waals surface area contributed by atoms with Gasteiger partial charge in [0.15, 0.2) is 11.6 Å². The van der Waals surface area contributed by atoms with Gasteiger partial charge in [0.1, 0.15) is 48.7 Å². The molecule has 8 N–H and O–H groups in total. The predicted octanol–water partition coefficient (Wildman–Crippen LogP) is 12.9. The third-order valence-electron chi connectivity index (χ3n) is 31.1. The molecule has 8 fully saturated rings. The third-order valence-corrected chi connectivity index (χ3v) is 35.0. The molecule has 0 spiro atoms. The first kappa shape index (κ1) is 115. The molecule has 6 aliphatic heterocycles. The van der Waals surface area contributed by atoms with Crippen LogP contribution in [0.1, 0.15) is 290 Å². The molecule has 10 aliphatic rings. The number of carbonyl (C=O) groups excluding carboxylic acids is 8. The molecule has 138 heavy (non-hydrogen) atoms. The monoisotopic (exact) mass is 1980 g/mol. The van der Waals surface area contributed by atoms with Gasteiger partial charge in [0.05, 0.1) is 47.1 Å². The lowest BCUT2D eigenvalue weighted by molar-refractivity contribution is -0.264. The van der Waals surface area contributed by atoms with E-state index in [1.807, 2.05) is 104 Å². The molecule has 0 unspecified atom stereocenters. The van der Waals surface area contributed by atoms with E-state index in [2.05, 4.69) is 9.44 Å². The van der Waals surface area contributed by atoms with Gasteiger partial charge in [-0.25, -0.2) is 35.9 Å². The van der Waals surface area contributed by atoms with Gasteiger partial charge in [0.2, 0.25) is 31.6 Å². The summed E-state index contributed by atoms with van der Waals surface area (Å²) in [5.41, 5.74) is 2.52. The number of Topliss-reactive ketones (excluding diaryl/α,β-unsaturated/α-hetero) is 4. The number of rotatable bonds is 16. The number of methoxy groups -OCH3 is 4. The Balaban J connectivity index is 0.000000309. The average Bonchev–Trinajstić information content (AvgIpc) is 1.52. The fraction of sp³-hybridized carbons (Fsp3) is 0.774. The molecule has 0 aromatic carbocycles. The number of fused-ring (bicyclic) bond motifs is 6. The zero-order valence-corrected chi connectivity index (χ0v) is 87.1. The van der Waals surface area contributed by atoms with Gasteiger partial charge in [-0.05, 0) is 279 Å². The number of aliphatic hydroxyl groups is 6. The summed E-state index contributed by atoms with van der Waals surface area (Å²) in [6.45, 7) is 26.4. The van der Waals surface area contributed by atoms with Crippen LogP contribution < -0.4 is 9.44 Å². The number of hydrogen-bond acceptors (Lipinski definition) is 26. The van der Waals surface area contributed by atoms with Crippen molar-refractivity contribution in [1.29, 1.82) is 0 Å². The number of piperidine rings is 2. The minimum atomic E-state index is -3.68. The van der Waals surface area contributed by atoms with E-state index in [0.717, 1.165) is 12.8 Å². The Bertz CT molecular complexity index is 4280. The fourth-order valence-corrected chi connectivity index (χ4v) is 25.0. The highest BCUT2D eigenvalue weighted by atomic mass is 32.2. The SMILES string of the molecule is CO[C@@H]1C[C@H](C[C@@H](C)[C@@H]2CC[C@H](C)/C=C(\C)[C@@H](O)[C@@H](OC)C(=O)[C@H](C)C[C@H](C)/C=C/C=C/C=C(\C)[C@@H](NS(=O)(=O)C3CC3)C[C@@H]3CC[C@@H](C)[C@@](O)(O3)C(=O)C(=O)N3CCCC[C@H]3C(=O)O2)CC[C@H]1O.CO[C@@H]1C[C@H](C[C@@H](C)[C@@H]2CC[C@H](C)/C=C(\C)[C@@H](O)[C@@H](OC)C(=O)[C@H](C)C[C@H](C)/C=C/C=C/C=C(\C)[C@H](NS(=O)(=O)C3CC3)C[C@@H]3CC[C@@H](C)[C@@](O)(O3)C(=O)C(=O)N3CCCC[C@H]3C(=O)O2)CC[C@H]1O. The summed E-state index contributed by atoms with van der Waals surface area (Å²) >= 11 is 0. The van der Waals surface area contributed by atoms with Crippen molar-refractivity contribution >= 4 is 66.9 Å². The van der Waals surface area contributed by atoms with Crippen molar-refractivity contribution in [3.63, 3.8) is 0 Å². The maximum atomic E-state index is 14.5. The van der Waals surface area contributed by atoms with Crippen LogP contribution >= 0.6 is 0 Å². The lowest BCUT2D eigenvalue weighted by Crippen LogP contribution is -2.61. The second-order valence-electron chi connectivity index (χ2n) is 42.8. The van der Waals surface area contributed by atoms with Crippen LogP contribution in [0.25, 0.3) is 0 Å². The van der Waals surface area contributed by atoms with Crippen molar-refractivity contribution in [2.75, 3.05) is 41.5 Å². The van der Waals surface area contributed by atoms with Crippen LogP contribution in [-0.2, 0) is 96.3 Å². The van der Waals surface area contributed by atoms with E-state index in [1.54, 1.807) is 80.1 Å². The molecule has 10 rings (SSSR count). The Morgan fingerprint density at radius 1 is 0.420 bits per heavy atom. The summed E-state index contributed by atoms with van der Waals surface area (Å²) in [4.78, 5) is 116. The van der Waals surface area contributed by atoms with E-state index in [9.17, 15) is 85.8 Å². The zero-order valence-electron chi connectivity index (χ0n) is 85.4. The third kappa shape index (κ3) is 31.9. The maximum absolute atomic E-state index is 14.5. The highest BCUT2D eigenvalue weighted by molar-refractivity contribution is 7.90. The fourth-order valence-electron chi connectivity index (χ4n) is 21.7. The summed E-state index contributed by atoms with van der Waals surface area (Å²) in [5.74, 6) is -13.6. The molecule has 4 saturated heterocycles. The van der Waals surface area contributed by atoms with E-state index in [0.29, 0.717) is 176 Å². The number of ether oxygens (including phenoxy) is 8. The predicted molar refractivity (Wildman–Crippen MR) is 526 cm³/mol. The number of allylic oxidation sites excluding steroid dienone is 12. The number of cyclic esters (lactones) is 2. The second-order valence-corrected chi connectivity index (χ2v) is 46.7. The molecule has 30 atom stereocenters. The van der Waals surface area contributed by atoms with E-state index < -0.39 is 186 Å². The molecule has 32 heteroatoms. The van der Waals surface area contributed by atoms with Crippen molar-refractivity contribution in [2.45, 2.75) is 409 Å². The number of aliphatic hydroxyl groups excluding tert-OH is 4. The summed E-state index contributed by atoms with van der Waals surface area (Å²) in [7, 11) is -1.33. The van der Waals surface area contributed by atoms with E-state index in [-0.39, 0.29) is 110 Å². The molecule has 30 nitrogen and oxygen atoms in total. The van der Waals surface area contributed by atoms with Gasteiger partial charge in [-0.2, -0.15) is 0 Å². The van der Waals surface area contributed by atoms with Gasteiger partial charge >= 0.3 is 11.9 Å². The molecule has 4 bridgehead atoms. The Kier molecular flexibility index (Phi) is 44.4. The first-order chi connectivity index (χ1) is 65.2. The molecule has 4 saturated carbocycles. The molecule has 0 aromatic rings. The van der Waals surface area contributed by atoms with Crippen LogP contribution in [0.3, 0.4) is 0 Å². The van der Waals surface area contributed by atoms with Crippen LogP contribution in [0.4, 0.5) is 0 Å². The van der Waals surface area contributed by atoms with Crippen molar-refractivity contribution < 1.29 is 124 Å². The summed E-state index contributed by atoms with van der Waals surface area (Å²) in [6.07, 6.45) is 28.6. The van der Waals surface area contributed by atoms with Gasteiger partial charge in [0.25, 0.3) is 23.4 Å². The number of nitrogens with zero attached hydrogens (tertiary/aromatic N) is 2. The number of nitrogens with one attached hydrogen (secondary N) is 2. The molecule has 4 aliphatic carbocycles. The Labute approximate surface area is 822 Å². The average molecular weight is 1980 g/mol. The van der Waals surface area contributed by atoms with Crippen molar-refractivity contribution in [3.05, 3.63) is 95.2 Å². The molecule has 2 amide bonds. The van der Waals surface area contributed by atoms with Crippen LogP contribution in [0.2, 0.25) is 0 Å². The van der Waals surface area contributed by atoms with Crippen molar-refractivity contribution in [2.24, 2.45) is 71.0 Å². The largest absolute Gasteiger partial charge is 0.461 e. The van der Waals surface area contributed by atoms with Gasteiger partial charge in [-0.3, -0.25) is 28.8 Å². The van der Waals surface area contributed by atoms with E-state index in [4.69, 9.17) is 37.9 Å². The standard InChI is InChI=1S/2C53H84N2O13S/c2*1-32-15-11-10-12-16-34(3)42(54-69(63,64)41-22-23-41)31-40-21-19-38(7)53(62,68-40)50(59)51(60)55-26-14-13-17-43(55)52(61)67-45(35(4)29-39-20-24-44(56)46(30-39)65-8)25-18-33(2)28-37(6)48(58)49(66-9)47(57)36(5)27-32/h2*10-12,15-16,28,32-33,35-36,38-46,48-49,54,56,58,62H,13-14,17-27,29-31H2,1-9H3/b2*12-10+,15-11+,34-16+,37-28+/t32-,33+,35-,36-,38-,39+,40+,42+,43+,44-,45+,46-,48-,49+,53-;32-,33+,35-,36-,38-,39+,40+,42-,43+,44-,45+,46-,48-,49+,53-/m11/s1. The van der Waals surface area contributed by atoms with E-state index in [1.165, 1.54) is 24.0 Å². The summed E-state index contributed by atoms with van der Waals surface area (Å²) in [6, 6.07) is -3.65. The number of sulfonamides is 2. The minimum absolute atomic E-state index is 0.00499. The first-order valence-corrected chi connectivity index (χ1v) is 54.5. The van der Waals surface area contributed by atoms with Crippen LogP contribution in [0.15, 0.2) is 95.2 Å². The maximum Gasteiger partial charge on any atom is 0.329 e. The molecular weight excluding hydrogens is 1810 g/mol. The molecule has 0 radical (unpaired) electrons. The van der Waals surface area contributed by atoms with Gasteiger partial charge in [-0.15, -0.1) is 0 Å². The minimum Gasteiger partial charge on any atom is -0.461 e. The number of esters is 2. The number of ketones is 4. The Hall–Kier alpha value is -6.18. The van der Waals surface area contributed by atoms with Crippen molar-refractivity contribution in [1.82, 2.24) is 19.2 Å². The normalized spacial score (nSPS) is 40.1. The number of hydrogen-bond donors (Lipinski definition) is 8. The number of carbonyl (C=O) groups is 8. The van der Waals surface area contributed by atoms with Crippen molar-refractivity contribution in [3.8, 4) is 0 Å². The van der Waals surface area contributed by atoms with Crippen LogP contribution in [-0.4, -0.2) is 265 Å². The lowest BCUT2D eigenvalue weighted by atomic mass is 9.78. The Morgan fingerprint density at radius 3 is 1.12 bits per heavy atom. The Morgan fingerprint density at radius 2 is 0.783 bits per heavy atom. The second kappa shape index (κ2) is 53.1. The summed E-state index contributed by atoms with van der Waals surface area (Å²) < 4.78 is 107. The first-order valence-electron chi connectivity index (χ1n) is 51.4. The van der Waals surface area contributed by atoms with Gasteiger partial charge in [-0.1, -0.05) is 153 Å². The smallest absolute Gasteiger partial charge is 0.329 e. The molecule has 780 valence electrons. The van der Waals surface area contributed by atoms with Gasteiger partial charge in [0, 0.05) is 77.3 Å². The highest BCUT2D eigenvalue weighted by Crippen LogP contribution is 2.43. The van der Waals surface area contributed by atoms with Crippen LogP contribution in [0, 0.1) is 71.0 Å². The van der Waals surface area contributed by atoms with E-state index >= 15 is 0 Å². The lowest BCUT2D eigenvalue weighted by Gasteiger charge is -2.43. The summed E-state index contributed by atoms with van der Waals surface area (Å²) in [5, 5.41) is 67.2. The number of amides is 2. The van der Waals surface area contributed by atoms with Gasteiger partial charge < -0.3 is 78.3 Å². The molecular formula is C106H168N4O26S2. The molecule has 6 heterocycles. The quantitative estimate of drug-likeness (QED) is 0.0404. The molecule has 0 aromatic heterocycles.